The summed E-state index contributed by atoms with van der Waals surface area (Å²) in [5, 5.41) is 9.07. The zero-order valence-corrected chi connectivity index (χ0v) is 11.8. The number of carbonyl (C=O) groups is 1. The third kappa shape index (κ3) is 4.58. The van der Waals surface area contributed by atoms with Crippen LogP contribution in [0.4, 0.5) is 0 Å². The molecule has 1 rings (SSSR count). The van der Waals surface area contributed by atoms with Gasteiger partial charge in [-0.3, -0.25) is 4.79 Å². The minimum atomic E-state index is 0.200. The summed E-state index contributed by atoms with van der Waals surface area (Å²) in [6, 6.07) is 0. The van der Waals surface area contributed by atoms with Crippen molar-refractivity contribution in [3.63, 3.8) is 0 Å². The minimum Gasteiger partial charge on any atom is -0.396 e. The molecule has 0 aromatic heterocycles. The van der Waals surface area contributed by atoms with Gasteiger partial charge in [-0.1, -0.05) is 13.8 Å². The zero-order valence-electron chi connectivity index (χ0n) is 11.8. The van der Waals surface area contributed by atoms with E-state index in [1.165, 1.54) is 0 Å². The number of rotatable bonds is 7. The molecule has 2 unspecified atom stereocenters. The Morgan fingerprint density at radius 3 is 2.67 bits per heavy atom. The molecule has 0 bridgehead atoms. The Hall–Kier alpha value is -0.610. The van der Waals surface area contributed by atoms with Crippen molar-refractivity contribution in [1.29, 1.82) is 0 Å². The van der Waals surface area contributed by atoms with Gasteiger partial charge in [-0.15, -0.1) is 0 Å². The summed E-state index contributed by atoms with van der Waals surface area (Å²) in [6.45, 7) is 6.84. The Labute approximate surface area is 111 Å². The number of aliphatic hydroxyl groups is 1. The fraction of sp³-hybridized carbons (Fsp3) is 0.929. The van der Waals surface area contributed by atoms with Gasteiger partial charge in [-0.2, -0.15) is 0 Å². The van der Waals surface area contributed by atoms with Gasteiger partial charge in [0, 0.05) is 32.0 Å². The summed E-state index contributed by atoms with van der Waals surface area (Å²) < 4.78 is 0. The first-order valence-electron chi connectivity index (χ1n) is 7.17. The van der Waals surface area contributed by atoms with Gasteiger partial charge in [-0.25, -0.2) is 0 Å². The molecule has 0 spiro atoms. The first-order chi connectivity index (χ1) is 8.58. The van der Waals surface area contributed by atoms with Crippen LogP contribution in [0, 0.1) is 17.8 Å². The van der Waals surface area contributed by atoms with Crippen LogP contribution in [0.3, 0.4) is 0 Å². The molecule has 1 aliphatic heterocycles. The molecule has 0 aliphatic carbocycles. The van der Waals surface area contributed by atoms with Crippen LogP contribution < -0.4 is 5.73 Å². The van der Waals surface area contributed by atoms with E-state index in [0.717, 1.165) is 32.4 Å². The second-order valence-electron chi connectivity index (χ2n) is 5.80. The van der Waals surface area contributed by atoms with Crippen LogP contribution >= 0.6 is 0 Å². The number of likely N-dealkylation sites (tertiary alicyclic amines) is 1. The van der Waals surface area contributed by atoms with Gasteiger partial charge in [0.25, 0.3) is 0 Å². The van der Waals surface area contributed by atoms with Crippen molar-refractivity contribution in [3.8, 4) is 0 Å². The molecule has 0 aromatic carbocycles. The normalized spacial score (nSPS) is 21.6. The lowest BCUT2D eigenvalue weighted by Crippen LogP contribution is -2.29. The first-order valence-corrected chi connectivity index (χ1v) is 7.17. The molecule has 0 saturated carbocycles. The number of amides is 1. The molecular weight excluding hydrogens is 228 g/mol. The minimum absolute atomic E-state index is 0.200. The van der Waals surface area contributed by atoms with Crippen molar-refractivity contribution in [3.05, 3.63) is 0 Å². The Bertz CT molecular complexity index is 256. The maximum Gasteiger partial charge on any atom is 0.222 e. The average Bonchev–Trinajstić information content (AvgIpc) is 2.82. The quantitative estimate of drug-likeness (QED) is 0.720. The van der Waals surface area contributed by atoms with E-state index in [1.807, 2.05) is 4.90 Å². The van der Waals surface area contributed by atoms with Crippen molar-refractivity contribution in [2.45, 2.75) is 39.5 Å². The molecular formula is C14H28N2O2. The van der Waals surface area contributed by atoms with E-state index < -0.39 is 0 Å². The Balaban J connectivity index is 2.31. The fourth-order valence-electron chi connectivity index (χ4n) is 2.70. The highest BCUT2D eigenvalue weighted by molar-refractivity contribution is 5.76. The van der Waals surface area contributed by atoms with Gasteiger partial charge >= 0.3 is 0 Å². The largest absolute Gasteiger partial charge is 0.396 e. The monoisotopic (exact) mass is 256 g/mol. The van der Waals surface area contributed by atoms with Crippen molar-refractivity contribution in [2.24, 2.45) is 23.5 Å². The number of aliphatic hydroxyl groups excluding tert-OH is 1. The smallest absolute Gasteiger partial charge is 0.222 e. The van der Waals surface area contributed by atoms with Crippen LogP contribution in [0.1, 0.15) is 39.5 Å². The molecule has 3 N–H and O–H groups in total. The number of nitrogens with two attached hydrogens (primary N) is 1. The molecule has 1 aliphatic rings. The fourth-order valence-corrected chi connectivity index (χ4v) is 2.70. The summed E-state index contributed by atoms with van der Waals surface area (Å²) in [7, 11) is 0. The zero-order chi connectivity index (χ0) is 13.5. The maximum atomic E-state index is 12.1. The lowest BCUT2D eigenvalue weighted by Gasteiger charge is -2.22. The summed E-state index contributed by atoms with van der Waals surface area (Å²) in [4.78, 5) is 14.0. The third-order valence-electron chi connectivity index (χ3n) is 4.11. The highest BCUT2D eigenvalue weighted by atomic mass is 16.3. The molecule has 2 atom stereocenters. The van der Waals surface area contributed by atoms with E-state index in [0.29, 0.717) is 30.7 Å². The Morgan fingerprint density at radius 1 is 1.44 bits per heavy atom. The van der Waals surface area contributed by atoms with Gasteiger partial charge < -0.3 is 15.7 Å². The van der Waals surface area contributed by atoms with E-state index in [9.17, 15) is 4.79 Å². The van der Waals surface area contributed by atoms with Gasteiger partial charge in [0.15, 0.2) is 0 Å². The molecule has 18 heavy (non-hydrogen) atoms. The molecule has 0 radical (unpaired) electrons. The van der Waals surface area contributed by atoms with Gasteiger partial charge in [0.1, 0.15) is 0 Å². The van der Waals surface area contributed by atoms with Crippen molar-refractivity contribution >= 4 is 5.91 Å². The maximum absolute atomic E-state index is 12.1. The molecule has 1 fully saturated rings. The molecule has 4 nitrogen and oxygen atoms in total. The van der Waals surface area contributed by atoms with Gasteiger partial charge in [0.05, 0.1) is 0 Å². The van der Waals surface area contributed by atoms with E-state index in [1.54, 1.807) is 0 Å². The highest BCUT2D eigenvalue weighted by Crippen LogP contribution is 2.22. The molecule has 1 saturated heterocycles. The second kappa shape index (κ2) is 7.74. The predicted molar refractivity (Wildman–Crippen MR) is 73.0 cm³/mol. The second-order valence-corrected chi connectivity index (χ2v) is 5.80. The predicted octanol–water partition coefficient (Wildman–Crippen LogP) is 1.23. The van der Waals surface area contributed by atoms with Gasteiger partial charge in [0.2, 0.25) is 5.91 Å². The first kappa shape index (κ1) is 15.4. The van der Waals surface area contributed by atoms with E-state index >= 15 is 0 Å². The summed E-state index contributed by atoms with van der Waals surface area (Å²) in [5.74, 6) is 1.67. The SMILES string of the molecule is CC(C)C(CCN)CCC(=O)N1CCC(CO)C1. The summed E-state index contributed by atoms with van der Waals surface area (Å²) >= 11 is 0. The molecule has 4 heteroatoms. The number of hydrogen-bond acceptors (Lipinski definition) is 3. The number of hydrogen-bond donors (Lipinski definition) is 2. The van der Waals surface area contributed by atoms with Crippen molar-refractivity contribution in [2.75, 3.05) is 26.2 Å². The average molecular weight is 256 g/mol. The third-order valence-corrected chi connectivity index (χ3v) is 4.11. The van der Waals surface area contributed by atoms with E-state index in [2.05, 4.69) is 13.8 Å². The Kier molecular flexibility index (Phi) is 6.65. The topological polar surface area (TPSA) is 66.6 Å². The Morgan fingerprint density at radius 2 is 2.17 bits per heavy atom. The van der Waals surface area contributed by atoms with Crippen LogP contribution in [-0.2, 0) is 4.79 Å². The highest BCUT2D eigenvalue weighted by Gasteiger charge is 2.26. The van der Waals surface area contributed by atoms with Crippen LogP contribution in [0.25, 0.3) is 0 Å². The van der Waals surface area contributed by atoms with Crippen molar-refractivity contribution in [1.82, 2.24) is 4.90 Å². The molecule has 1 heterocycles. The lowest BCUT2D eigenvalue weighted by atomic mass is 9.88. The van der Waals surface area contributed by atoms with Crippen LogP contribution in [0.5, 0.6) is 0 Å². The van der Waals surface area contributed by atoms with E-state index in [4.69, 9.17) is 10.8 Å². The molecule has 0 aromatic rings. The van der Waals surface area contributed by atoms with Gasteiger partial charge in [-0.05, 0) is 37.6 Å². The lowest BCUT2D eigenvalue weighted by molar-refractivity contribution is -0.130. The van der Waals surface area contributed by atoms with Crippen molar-refractivity contribution < 1.29 is 9.90 Å². The number of carbonyl (C=O) groups excluding carboxylic acids is 1. The van der Waals surface area contributed by atoms with Crippen LogP contribution in [0.2, 0.25) is 0 Å². The molecule has 106 valence electrons. The van der Waals surface area contributed by atoms with E-state index in [-0.39, 0.29) is 12.5 Å². The van der Waals surface area contributed by atoms with Crippen LogP contribution in [-0.4, -0.2) is 42.2 Å². The summed E-state index contributed by atoms with van der Waals surface area (Å²) in [6.07, 6.45) is 3.51. The summed E-state index contributed by atoms with van der Waals surface area (Å²) in [5.41, 5.74) is 5.61. The number of nitrogens with zero attached hydrogens (tertiary/aromatic N) is 1. The standard InChI is InChI=1S/C14H28N2O2/c1-11(2)13(5-7-15)3-4-14(18)16-8-6-12(9-16)10-17/h11-13,17H,3-10,15H2,1-2H3. The molecule has 1 amide bonds. The van der Waals surface area contributed by atoms with Crippen LogP contribution in [0.15, 0.2) is 0 Å².